The summed E-state index contributed by atoms with van der Waals surface area (Å²) in [5.74, 6) is 0.443. The van der Waals surface area contributed by atoms with Gasteiger partial charge in [0.1, 0.15) is 5.82 Å². The van der Waals surface area contributed by atoms with Crippen LogP contribution in [-0.2, 0) is 0 Å². The summed E-state index contributed by atoms with van der Waals surface area (Å²) in [7, 11) is 0. The lowest BCUT2D eigenvalue weighted by Gasteiger charge is -2.20. The molecule has 3 rings (SSSR count). The monoisotopic (exact) mass is 274 g/mol. The molecule has 0 radical (unpaired) electrons. The Hall–Kier alpha value is -1.32. The van der Waals surface area contributed by atoms with Crippen molar-refractivity contribution in [3.63, 3.8) is 0 Å². The van der Waals surface area contributed by atoms with Crippen molar-refractivity contribution in [1.82, 2.24) is 0 Å². The third-order valence-corrected chi connectivity index (χ3v) is 4.80. The van der Waals surface area contributed by atoms with E-state index >= 15 is 0 Å². The van der Waals surface area contributed by atoms with Gasteiger partial charge in [0.15, 0.2) is 0 Å². The summed E-state index contributed by atoms with van der Waals surface area (Å²) in [6.07, 6.45) is -0.781. The minimum absolute atomic E-state index is 0.0301. The Kier molecular flexibility index (Phi) is 3.33. The number of halogens is 1. The Morgan fingerprint density at radius 2 is 2.05 bits per heavy atom. The number of rotatable bonds is 2. The van der Waals surface area contributed by atoms with Gasteiger partial charge < -0.3 is 5.11 Å². The van der Waals surface area contributed by atoms with E-state index in [1.807, 2.05) is 25.1 Å². The lowest BCUT2D eigenvalue weighted by atomic mass is 9.90. The highest BCUT2D eigenvalue weighted by molar-refractivity contribution is 7.99. The first-order valence-corrected chi connectivity index (χ1v) is 7.31. The molecular formula is C16H15FOS. The van der Waals surface area contributed by atoms with Gasteiger partial charge in [0, 0.05) is 22.1 Å². The number of hydrogen-bond acceptors (Lipinski definition) is 2. The second-order valence-corrected chi connectivity index (χ2v) is 5.99. The van der Waals surface area contributed by atoms with Gasteiger partial charge in [-0.1, -0.05) is 35.9 Å². The molecule has 19 heavy (non-hydrogen) atoms. The topological polar surface area (TPSA) is 20.2 Å². The van der Waals surface area contributed by atoms with Crippen LogP contribution in [0.5, 0.6) is 0 Å². The number of hydrogen-bond donors (Lipinski definition) is 1. The molecule has 0 aliphatic carbocycles. The predicted octanol–water partition coefficient (Wildman–Crippen LogP) is 4.06. The lowest BCUT2D eigenvalue weighted by molar-refractivity contribution is 0.149. The molecule has 1 N–H and O–H groups in total. The molecule has 98 valence electrons. The molecule has 1 nitrogen and oxygen atoms in total. The molecular weight excluding hydrogens is 259 g/mol. The zero-order valence-corrected chi connectivity index (χ0v) is 11.5. The first-order chi connectivity index (χ1) is 9.16. The molecule has 1 aliphatic rings. The maximum Gasteiger partial charge on any atom is 0.129 e. The van der Waals surface area contributed by atoms with Crippen LogP contribution in [0.1, 0.15) is 28.7 Å². The normalized spacial score (nSPS) is 19.2. The van der Waals surface area contributed by atoms with Crippen molar-refractivity contribution in [1.29, 1.82) is 0 Å². The molecule has 0 spiro atoms. The van der Waals surface area contributed by atoms with E-state index in [1.54, 1.807) is 23.9 Å². The van der Waals surface area contributed by atoms with Crippen molar-refractivity contribution >= 4 is 11.8 Å². The van der Waals surface area contributed by atoms with Gasteiger partial charge in [0.05, 0.1) is 6.10 Å². The van der Waals surface area contributed by atoms with Gasteiger partial charge >= 0.3 is 0 Å². The minimum Gasteiger partial charge on any atom is -0.388 e. The van der Waals surface area contributed by atoms with Crippen LogP contribution < -0.4 is 0 Å². The number of benzene rings is 2. The highest BCUT2D eigenvalue weighted by Crippen LogP contribution is 2.45. The highest BCUT2D eigenvalue weighted by atomic mass is 32.2. The molecule has 0 fully saturated rings. The first kappa shape index (κ1) is 12.7. The van der Waals surface area contributed by atoms with Crippen molar-refractivity contribution in [3.8, 4) is 0 Å². The van der Waals surface area contributed by atoms with Crippen LogP contribution in [0.2, 0.25) is 0 Å². The van der Waals surface area contributed by atoms with E-state index in [9.17, 15) is 9.50 Å². The standard InChI is InChI=1S/C16H15FOS/c1-10-6-7-14(17)12(8-10)16(18)13-9-19-15-5-3-2-4-11(13)15/h2-8,13,16,18H,9H2,1H3. The smallest absolute Gasteiger partial charge is 0.129 e. The molecule has 3 heteroatoms. The summed E-state index contributed by atoms with van der Waals surface area (Å²) < 4.78 is 13.9. The molecule has 0 aromatic heterocycles. The maximum atomic E-state index is 13.9. The summed E-state index contributed by atoms with van der Waals surface area (Å²) >= 11 is 1.73. The second kappa shape index (κ2) is 4.99. The van der Waals surface area contributed by atoms with E-state index in [-0.39, 0.29) is 11.7 Å². The van der Waals surface area contributed by atoms with E-state index in [0.717, 1.165) is 16.9 Å². The molecule has 2 aromatic rings. The van der Waals surface area contributed by atoms with Gasteiger partial charge in [-0.05, 0) is 24.6 Å². The largest absolute Gasteiger partial charge is 0.388 e. The van der Waals surface area contributed by atoms with Gasteiger partial charge in [-0.25, -0.2) is 4.39 Å². The van der Waals surface area contributed by atoms with Gasteiger partial charge in [-0.15, -0.1) is 11.8 Å². The van der Waals surface area contributed by atoms with E-state index in [1.165, 1.54) is 11.0 Å². The van der Waals surface area contributed by atoms with Crippen LogP contribution in [0.15, 0.2) is 47.4 Å². The zero-order chi connectivity index (χ0) is 13.4. The summed E-state index contributed by atoms with van der Waals surface area (Å²) in [6, 6.07) is 12.9. The molecule has 0 amide bonds. The van der Waals surface area contributed by atoms with Crippen molar-refractivity contribution in [2.75, 3.05) is 5.75 Å². The van der Waals surface area contributed by atoms with Crippen molar-refractivity contribution in [3.05, 3.63) is 65.0 Å². The summed E-state index contributed by atoms with van der Waals surface area (Å²) in [6.45, 7) is 1.91. The zero-order valence-electron chi connectivity index (χ0n) is 10.6. The third kappa shape index (κ3) is 2.28. The van der Waals surface area contributed by atoms with E-state index in [2.05, 4.69) is 6.07 Å². The fraction of sp³-hybridized carbons (Fsp3) is 0.250. The number of aryl methyl sites for hydroxylation is 1. The molecule has 0 saturated carbocycles. The van der Waals surface area contributed by atoms with E-state index in [4.69, 9.17) is 0 Å². The van der Waals surface area contributed by atoms with Crippen LogP contribution in [0.25, 0.3) is 0 Å². The Labute approximate surface area is 116 Å². The lowest BCUT2D eigenvalue weighted by Crippen LogP contribution is -2.12. The minimum atomic E-state index is -0.781. The Morgan fingerprint density at radius 3 is 2.89 bits per heavy atom. The SMILES string of the molecule is Cc1ccc(F)c(C(O)C2CSc3ccccc32)c1. The average molecular weight is 274 g/mol. The molecule has 1 heterocycles. The Bertz CT molecular complexity index is 611. The van der Waals surface area contributed by atoms with E-state index < -0.39 is 6.10 Å². The van der Waals surface area contributed by atoms with Crippen LogP contribution in [0.3, 0.4) is 0 Å². The van der Waals surface area contributed by atoms with Gasteiger partial charge in [0.25, 0.3) is 0 Å². The summed E-state index contributed by atoms with van der Waals surface area (Å²) in [5.41, 5.74) is 2.50. The van der Waals surface area contributed by atoms with Crippen molar-refractivity contribution < 1.29 is 9.50 Å². The summed E-state index contributed by atoms with van der Waals surface area (Å²) in [5, 5.41) is 10.5. The third-order valence-electron chi connectivity index (χ3n) is 3.59. The van der Waals surface area contributed by atoms with Gasteiger partial charge in [-0.2, -0.15) is 0 Å². The number of aliphatic hydroxyl groups is 1. The maximum absolute atomic E-state index is 13.9. The average Bonchev–Trinajstić information content (AvgIpc) is 2.84. The van der Waals surface area contributed by atoms with Gasteiger partial charge in [-0.3, -0.25) is 0 Å². The molecule has 1 aliphatic heterocycles. The number of thioether (sulfide) groups is 1. The van der Waals surface area contributed by atoms with Crippen molar-refractivity contribution in [2.24, 2.45) is 0 Å². The number of fused-ring (bicyclic) bond motifs is 1. The Morgan fingerprint density at radius 1 is 1.26 bits per heavy atom. The fourth-order valence-electron chi connectivity index (χ4n) is 2.56. The van der Waals surface area contributed by atoms with Crippen LogP contribution in [-0.4, -0.2) is 10.9 Å². The number of aliphatic hydroxyl groups excluding tert-OH is 1. The molecule has 0 bridgehead atoms. The van der Waals surface area contributed by atoms with Crippen LogP contribution in [0, 0.1) is 12.7 Å². The van der Waals surface area contributed by atoms with Crippen molar-refractivity contribution in [2.45, 2.75) is 23.8 Å². The Balaban J connectivity index is 1.97. The van der Waals surface area contributed by atoms with Gasteiger partial charge in [0.2, 0.25) is 0 Å². The predicted molar refractivity (Wildman–Crippen MR) is 76.0 cm³/mol. The first-order valence-electron chi connectivity index (χ1n) is 6.32. The highest BCUT2D eigenvalue weighted by Gasteiger charge is 2.31. The molecule has 2 aromatic carbocycles. The molecule has 2 atom stereocenters. The summed E-state index contributed by atoms with van der Waals surface area (Å²) in [4.78, 5) is 1.19. The quantitative estimate of drug-likeness (QED) is 0.891. The second-order valence-electron chi connectivity index (χ2n) is 4.93. The van der Waals surface area contributed by atoms with E-state index in [0.29, 0.717) is 5.56 Å². The fourth-order valence-corrected chi connectivity index (χ4v) is 3.84. The molecule has 0 saturated heterocycles. The van der Waals surface area contributed by atoms with Crippen LogP contribution in [0.4, 0.5) is 4.39 Å². The molecule has 2 unspecified atom stereocenters. The van der Waals surface area contributed by atoms with Crippen LogP contribution >= 0.6 is 11.8 Å².